The number of unbranched alkanes of at least 4 members (excludes halogenated alkanes) is 1. The minimum absolute atomic E-state index is 0.340. The lowest BCUT2D eigenvalue weighted by Gasteiger charge is -2.06. The summed E-state index contributed by atoms with van der Waals surface area (Å²) in [6, 6.07) is 8.36. The summed E-state index contributed by atoms with van der Waals surface area (Å²) < 4.78 is 1.76. The van der Waals surface area contributed by atoms with E-state index in [0.29, 0.717) is 11.8 Å². The molecule has 0 spiro atoms. The molecule has 0 atom stereocenters. The van der Waals surface area contributed by atoms with E-state index < -0.39 is 0 Å². The van der Waals surface area contributed by atoms with E-state index in [0.717, 1.165) is 42.6 Å². The topological polar surface area (TPSA) is 38.0 Å². The van der Waals surface area contributed by atoms with Crippen molar-refractivity contribution in [1.82, 2.24) is 9.78 Å². The quantitative estimate of drug-likeness (QED) is 0.845. The van der Waals surface area contributed by atoms with E-state index in [9.17, 15) is 5.11 Å². The van der Waals surface area contributed by atoms with Gasteiger partial charge in [0.15, 0.2) is 0 Å². The zero-order chi connectivity index (χ0) is 15.4. The van der Waals surface area contributed by atoms with Gasteiger partial charge in [-0.1, -0.05) is 57.0 Å². The molecule has 3 nitrogen and oxygen atoms in total. The number of aromatic nitrogens is 2. The molecule has 0 fully saturated rings. The molecule has 0 saturated heterocycles. The molecule has 2 rings (SSSR count). The van der Waals surface area contributed by atoms with Crippen molar-refractivity contribution in [3.8, 4) is 17.1 Å². The van der Waals surface area contributed by atoms with E-state index in [-0.39, 0.29) is 0 Å². The maximum Gasteiger partial charge on any atom is 0.213 e. The summed E-state index contributed by atoms with van der Waals surface area (Å²) in [4.78, 5) is 0. The summed E-state index contributed by atoms with van der Waals surface area (Å²) in [6.07, 6.45) is 2.98. The van der Waals surface area contributed by atoms with Gasteiger partial charge in [-0.15, -0.1) is 0 Å². The van der Waals surface area contributed by atoms with Crippen LogP contribution in [0.4, 0.5) is 0 Å². The van der Waals surface area contributed by atoms with E-state index in [4.69, 9.17) is 0 Å². The molecule has 2 aromatic rings. The van der Waals surface area contributed by atoms with Crippen LogP contribution in [0.25, 0.3) is 11.3 Å². The van der Waals surface area contributed by atoms with Gasteiger partial charge in [0.25, 0.3) is 0 Å². The van der Waals surface area contributed by atoms with Crippen molar-refractivity contribution in [3.63, 3.8) is 0 Å². The van der Waals surface area contributed by atoms with Crippen LogP contribution in [-0.4, -0.2) is 14.9 Å². The third-order valence-corrected chi connectivity index (χ3v) is 3.68. The van der Waals surface area contributed by atoms with Crippen molar-refractivity contribution in [2.45, 2.75) is 53.5 Å². The molecule has 3 heteroatoms. The summed E-state index contributed by atoms with van der Waals surface area (Å²) in [5, 5.41) is 15.2. The fraction of sp³-hybridized carbons (Fsp3) is 0.500. The Morgan fingerprint density at radius 3 is 2.43 bits per heavy atom. The van der Waals surface area contributed by atoms with E-state index in [2.05, 4.69) is 57.1 Å². The Morgan fingerprint density at radius 2 is 1.86 bits per heavy atom. The van der Waals surface area contributed by atoms with Crippen LogP contribution in [-0.2, 0) is 13.0 Å². The van der Waals surface area contributed by atoms with Crippen LogP contribution in [0, 0.1) is 12.8 Å². The molecule has 0 radical (unpaired) electrons. The van der Waals surface area contributed by atoms with Gasteiger partial charge in [-0.2, -0.15) is 5.10 Å². The van der Waals surface area contributed by atoms with E-state index in [1.165, 1.54) is 5.56 Å². The third-order valence-electron chi connectivity index (χ3n) is 3.68. The summed E-state index contributed by atoms with van der Waals surface area (Å²) >= 11 is 0. The number of nitrogens with zero attached hydrogens (tertiary/aromatic N) is 2. The Labute approximate surface area is 127 Å². The monoisotopic (exact) mass is 286 g/mol. The highest BCUT2D eigenvalue weighted by molar-refractivity contribution is 5.65. The zero-order valence-electron chi connectivity index (χ0n) is 13.6. The minimum atomic E-state index is 0.340. The van der Waals surface area contributed by atoms with Crippen molar-refractivity contribution in [2.75, 3.05) is 0 Å². The summed E-state index contributed by atoms with van der Waals surface area (Å²) in [5.41, 5.74) is 4.22. The second-order valence-corrected chi connectivity index (χ2v) is 6.19. The largest absolute Gasteiger partial charge is 0.493 e. The van der Waals surface area contributed by atoms with Crippen LogP contribution in [0.3, 0.4) is 0 Å². The van der Waals surface area contributed by atoms with Crippen molar-refractivity contribution >= 4 is 0 Å². The minimum Gasteiger partial charge on any atom is -0.493 e. The Bertz CT molecular complexity index is 582. The maximum atomic E-state index is 10.5. The number of hydrogen-bond donors (Lipinski definition) is 1. The molecular weight excluding hydrogens is 260 g/mol. The number of aryl methyl sites for hydroxylation is 2. The molecule has 114 valence electrons. The third kappa shape index (κ3) is 3.66. The fourth-order valence-corrected chi connectivity index (χ4v) is 2.49. The van der Waals surface area contributed by atoms with Crippen LogP contribution < -0.4 is 0 Å². The standard InChI is InChI=1S/C18H26N2O/c1-5-6-11-20-18(21)16(12-13(2)3)17(19-20)15-9-7-14(4)8-10-15/h7-10,13,21H,5-6,11-12H2,1-4H3. The van der Waals surface area contributed by atoms with Crippen LogP contribution >= 0.6 is 0 Å². The fourth-order valence-electron chi connectivity index (χ4n) is 2.49. The highest BCUT2D eigenvalue weighted by Crippen LogP contribution is 2.32. The predicted octanol–water partition coefficient (Wildman–Crippen LogP) is 4.56. The van der Waals surface area contributed by atoms with Gasteiger partial charge in [0.2, 0.25) is 5.88 Å². The van der Waals surface area contributed by atoms with Crippen molar-refractivity contribution in [1.29, 1.82) is 0 Å². The number of aromatic hydroxyl groups is 1. The molecule has 1 aromatic heterocycles. The number of benzene rings is 1. The van der Waals surface area contributed by atoms with Crippen LogP contribution in [0.1, 0.15) is 44.7 Å². The van der Waals surface area contributed by atoms with Crippen molar-refractivity contribution in [2.24, 2.45) is 5.92 Å². The molecule has 0 aliphatic heterocycles. The van der Waals surface area contributed by atoms with Crippen LogP contribution in [0.2, 0.25) is 0 Å². The first-order valence-electron chi connectivity index (χ1n) is 7.88. The average Bonchev–Trinajstić information content (AvgIpc) is 2.74. The lowest BCUT2D eigenvalue weighted by Crippen LogP contribution is -1.99. The highest BCUT2D eigenvalue weighted by atomic mass is 16.3. The molecule has 0 unspecified atom stereocenters. The van der Waals surface area contributed by atoms with Crippen LogP contribution in [0.5, 0.6) is 5.88 Å². The molecule has 1 N–H and O–H groups in total. The normalized spacial score (nSPS) is 11.3. The molecule has 1 heterocycles. The van der Waals surface area contributed by atoms with Gasteiger partial charge in [-0.25, -0.2) is 4.68 Å². The van der Waals surface area contributed by atoms with Gasteiger partial charge in [-0.05, 0) is 25.7 Å². The van der Waals surface area contributed by atoms with Gasteiger partial charge in [0.05, 0.1) is 5.69 Å². The molecule has 0 aliphatic rings. The average molecular weight is 286 g/mol. The molecular formula is C18H26N2O. The SMILES string of the molecule is CCCCn1nc(-c2ccc(C)cc2)c(CC(C)C)c1O. The van der Waals surface area contributed by atoms with E-state index in [1.807, 2.05) is 0 Å². The smallest absolute Gasteiger partial charge is 0.213 e. The molecule has 0 aliphatic carbocycles. The Kier molecular flexibility index (Phi) is 5.05. The second kappa shape index (κ2) is 6.79. The Hall–Kier alpha value is -1.77. The van der Waals surface area contributed by atoms with Gasteiger partial charge < -0.3 is 5.11 Å². The Balaban J connectivity index is 2.44. The van der Waals surface area contributed by atoms with Crippen molar-refractivity contribution < 1.29 is 5.11 Å². The first kappa shape index (κ1) is 15.6. The summed E-state index contributed by atoms with van der Waals surface area (Å²) in [6.45, 7) is 9.34. The molecule has 0 bridgehead atoms. The van der Waals surface area contributed by atoms with Gasteiger partial charge >= 0.3 is 0 Å². The van der Waals surface area contributed by atoms with Gasteiger partial charge in [-0.3, -0.25) is 0 Å². The first-order valence-corrected chi connectivity index (χ1v) is 7.88. The lowest BCUT2D eigenvalue weighted by molar-refractivity contribution is 0.387. The predicted molar refractivity (Wildman–Crippen MR) is 87.5 cm³/mol. The van der Waals surface area contributed by atoms with Crippen molar-refractivity contribution in [3.05, 3.63) is 35.4 Å². The van der Waals surface area contributed by atoms with Gasteiger partial charge in [0.1, 0.15) is 0 Å². The van der Waals surface area contributed by atoms with E-state index in [1.54, 1.807) is 4.68 Å². The molecule has 1 aromatic carbocycles. The maximum absolute atomic E-state index is 10.5. The first-order chi connectivity index (χ1) is 10.0. The van der Waals surface area contributed by atoms with E-state index >= 15 is 0 Å². The Morgan fingerprint density at radius 1 is 1.19 bits per heavy atom. The molecule has 21 heavy (non-hydrogen) atoms. The molecule has 0 saturated carbocycles. The molecule has 0 amide bonds. The van der Waals surface area contributed by atoms with Gasteiger partial charge in [0, 0.05) is 17.7 Å². The number of hydrogen-bond acceptors (Lipinski definition) is 2. The highest BCUT2D eigenvalue weighted by Gasteiger charge is 2.19. The lowest BCUT2D eigenvalue weighted by atomic mass is 9.99. The zero-order valence-corrected chi connectivity index (χ0v) is 13.6. The summed E-state index contributed by atoms with van der Waals surface area (Å²) in [7, 11) is 0. The second-order valence-electron chi connectivity index (χ2n) is 6.19. The van der Waals surface area contributed by atoms with Crippen LogP contribution in [0.15, 0.2) is 24.3 Å². The summed E-state index contributed by atoms with van der Waals surface area (Å²) in [5.74, 6) is 0.830. The number of rotatable bonds is 6.